The average Bonchev–Trinajstić information content (AvgIpc) is 2.65. The third-order valence-electron chi connectivity index (χ3n) is 5.53. The Morgan fingerprint density at radius 3 is 2.72 bits per heavy atom. The Labute approximate surface area is 148 Å². The van der Waals surface area contributed by atoms with Crippen LogP contribution in [0.5, 0.6) is 0 Å². The third kappa shape index (κ3) is 2.59. The van der Waals surface area contributed by atoms with Gasteiger partial charge >= 0.3 is 0 Å². The average molecular weight is 337 g/mol. The van der Waals surface area contributed by atoms with Crippen molar-refractivity contribution in [3.63, 3.8) is 0 Å². The number of aromatic nitrogens is 1. The number of piperidine rings is 1. The van der Waals surface area contributed by atoms with Crippen molar-refractivity contribution < 1.29 is 9.53 Å². The quantitative estimate of drug-likeness (QED) is 0.844. The first-order valence-electron chi connectivity index (χ1n) is 8.73. The fourth-order valence-electron chi connectivity index (χ4n) is 4.14. The summed E-state index contributed by atoms with van der Waals surface area (Å²) in [6.07, 6.45) is 0.744. The lowest BCUT2D eigenvalue weighted by Crippen LogP contribution is -2.67. The second kappa shape index (κ2) is 6.15. The van der Waals surface area contributed by atoms with E-state index in [2.05, 4.69) is 22.0 Å². The zero-order valence-electron chi connectivity index (χ0n) is 14.7. The van der Waals surface area contributed by atoms with E-state index in [4.69, 9.17) is 4.74 Å². The van der Waals surface area contributed by atoms with Gasteiger partial charge in [0.1, 0.15) is 18.5 Å². The van der Waals surface area contributed by atoms with Gasteiger partial charge in [0, 0.05) is 25.8 Å². The largest absolute Gasteiger partial charge is 0.364 e. The summed E-state index contributed by atoms with van der Waals surface area (Å²) in [6, 6.07) is 16.4. The number of ether oxygens (including phenoxy) is 1. The number of benzene rings is 1. The Balaban J connectivity index is 1.70. The van der Waals surface area contributed by atoms with Crippen LogP contribution in [0, 0.1) is 6.92 Å². The fraction of sp³-hybridized carbons (Fsp3) is 0.400. The van der Waals surface area contributed by atoms with Crippen LogP contribution in [0.3, 0.4) is 0 Å². The van der Waals surface area contributed by atoms with Crippen LogP contribution in [0.1, 0.15) is 17.7 Å². The summed E-state index contributed by atoms with van der Waals surface area (Å²) in [4.78, 5) is 21.2. The number of likely N-dealkylation sites (N-methyl/N-ethyl adjacent to an activating group) is 1. The number of anilines is 1. The third-order valence-corrected chi connectivity index (χ3v) is 5.53. The van der Waals surface area contributed by atoms with Gasteiger partial charge in [-0.1, -0.05) is 36.4 Å². The van der Waals surface area contributed by atoms with Gasteiger partial charge in [-0.25, -0.2) is 4.98 Å². The smallest absolute Gasteiger partial charge is 0.249 e. The van der Waals surface area contributed by atoms with Gasteiger partial charge in [-0.3, -0.25) is 4.79 Å². The molecule has 4 rings (SSSR count). The maximum Gasteiger partial charge on any atom is 0.249 e. The molecule has 1 amide bonds. The van der Waals surface area contributed by atoms with Crippen molar-refractivity contribution in [1.29, 1.82) is 0 Å². The highest BCUT2D eigenvalue weighted by atomic mass is 16.5. The molecule has 5 nitrogen and oxygen atoms in total. The van der Waals surface area contributed by atoms with Crippen molar-refractivity contribution in [2.24, 2.45) is 0 Å². The molecule has 1 aromatic heterocycles. The molecule has 130 valence electrons. The normalized spacial score (nSPS) is 26.5. The van der Waals surface area contributed by atoms with Crippen molar-refractivity contribution in [1.82, 2.24) is 9.88 Å². The highest BCUT2D eigenvalue weighted by Gasteiger charge is 2.52. The predicted molar refractivity (Wildman–Crippen MR) is 96.4 cm³/mol. The molecule has 0 aliphatic carbocycles. The van der Waals surface area contributed by atoms with Crippen LogP contribution in [-0.2, 0) is 15.1 Å². The topological polar surface area (TPSA) is 45.7 Å². The highest BCUT2D eigenvalue weighted by molar-refractivity contribution is 5.79. The van der Waals surface area contributed by atoms with Crippen molar-refractivity contribution in [2.75, 3.05) is 31.6 Å². The van der Waals surface area contributed by atoms with Gasteiger partial charge in [0.25, 0.3) is 0 Å². The number of rotatable bonds is 2. The minimum Gasteiger partial charge on any atom is -0.364 e. The molecule has 1 aromatic carbocycles. The van der Waals surface area contributed by atoms with Gasteiger partial charge in [0.2, 0.25) is 5.91 Å². The number of pyridine rings is 1. The summed E-state index contributed by atoms with van der Waals surface area (Å²) < 4.78 is 6.04. The van der Waals surface area contributed by atoms with E-state index in [1.54, 1.807) is 0 Å². The van der Waals surface area contributed by atoms with Crippen molar-refractivity contribution in [2.45, 2.75) is 25.0 Å². The molecular weight excluding hydrogens is 314 g/mol. The van der Waals surface area contributed by atoms with Crippen LogP contribution in [0.25, 0.3) is 0 Å². The van der Waals surface area contributed by atoms with Gasteiger partial charge in [0.15, 0.2) is 0 Å². The fourth-order valence-corrected chi connectivity index (χ4v) is 4.14. The van der Waals surface area contributed by atoms with E-state index >= 15 is 0 Å². The minimum absolute atomic E-state index is 0.0437. The van der Waals surface area contributed by atoms with Gasteiger partial charge in [-0.15, -0.1) is 0 Å². The lowest BCUT2D eigenvalue weighted by Gasteiger charge is -2.55. The van der Waals surface area contributed by atoms with Crippen LogP contribution in [0.4, 0.5) is 5.82 Å². The van der Waals surface area contributed by atoms with Crippen molar-refractivity contribution >= 4 is 11.7 Å². The molecule has 2 aliphatic rings. The molecule has 3 heterocycles. The number of hydrogen-bond acceptors (Lipinski definition) is 4. The number of morpholine rings is 1. The molecule has 0 radical (unpaired) electrons. The molecule has 5 heteroatoms. The molecule has 2 fully saturated rings. The molecule has 2 atom stereocenters. The lowest BCUT2D eigenvalue weighted by molar-refractivity contribution is -0.173. The number of fused-ring (bicyclic) bond motifs is 1. The summed E-state index contributed by atoms with van der Waals surface area (Å²) in [7, 11) is 1.91. The summed E-state index contributed by atoms with van der Waals surface area (Å²) in [5.41, 5.74) is 1.75. The van der Waals surface area contributed by atoms with E-state index in [-0.39, 0.29) is 18.6 Å². The van der Waals surface area contributed by atoms with Crippen molar-refractivity contribution in [3.8, 4) is 0 Å². The number of carbonyl (C=O) groups is 1. The van der Waals surface area contributed by atoms with Crippen LogP contribution in [0.2, 0.25) is 0 Å². The van der Waals surface area contributed by atoms with E-state index in [1.165, 1.54) is 0 Å². The molecule has 0 saturated carbocycles. The highest BCUT2D eigenvalue weighted by Crippen LogP contribution is 2.42. The predicted octanol–water partition coefficient (Wildman–Crippen LogP) is 2.35. The molecule has 2 saturated heterocycles. The van der Waals surface area contributed by atoms with E-state index in [0.29, 0.717) is 0 Å². The number of hydrogen-bond donors (Lipinski definition) is 0. The lowest BCUT2D eigenvalue weighted by atomic mass is 9.76. The minimum atomic E-state index is -0.406. The monoisotopic (exact) mass is 337 g/mol. The Morgan fingerprint density at radius 2 is 1.96 bits per heavy atom. The molecule has 0 bridgehead atoms. The van der Waals surface area contributed by atoms with Gasteiger partial charge in [0.05, 0.1) is 5.54 Å². The second-order valence-electron chi connectivity index (χ2n) is 6.88. The number of amides is 1. The first-order chi connectivity index (χ1) is 12.1. The number of carbonyl (C=O) groups excluding carboxylic acids is 1. The molecular formula is C20H23N3O2. The number of aryl methyl sites for hydroxylation is 1. The van der Waals surface area contributed by atoms with E-state index in [0.717, 1.165) is 36.6 Å². The summed E-state index contributed by atoms with van der Waals surface area (Å²) in [5, 5.41) is 0. The molecule has 25 heavy (non-hydrogen) atoms. The molecule has 0 unspecified atom stereocenters. The summed E-state index contributed by atoms with van der Waals surface area (Å²) in [6.45, 7) is 3.71. The molecule has 2 aromatic rings. The standard InChI is InChI=1S/C20H23N3O2/c1-15-7-6-10-18(21-15)23-12-11-20(16-8-4-3-5-9-16)17(13-23)25-14-19(24)22(20)2/h3-10,17H,11-14H2,1-2H3/t17-,20+/m1/s1. The second-order valence-corrected chi connectivity index (χ2v) is 6.88. The Bertz CT molecular complexity index is 780. The SMILES string of the molecule is Cc1cccc(N2CC[C@]3(c4ccccc4)[C@@H](C2)OCC(=O)N3C)n1. The van der Waals surface area contributed by atoms with Gasteiger partial charge < -0.3 is 14.5 Å². The Kier molecular flexibility index (Phi) is 3.96. The Morgan fingerprint density at radius 1 is 1.16 bits per heavy atom. The molecule has 2 aliphatic heterocycles. The van der Waals surface area contributed by atoms with Crippen LogP contribution < -0.4 is 4.90 Å². The summed E-state index contributed by atoms with van der Waals surface area (Å²) >= 11 is 0. The van der Waals surface area contributed by atoms with E-state index in [9.17, 15) is 4.79 Å². The van der Waals surface area contributed by atoms with Crippen molar-refractivity contribution in [3.05, 3.63) is 59.8 Å². The van der Waals surface area contributed by atoms with Gasteiger partial charge in [-0.05, 0) is 31.0 Å². The van der Waals surface area contributed by atoms with Crippen LogP contribution in [0.15, 0.2) is 48.5 Å². The van der Waals surface area contributed by atoms with E-state index in [1.807, 2.05) is 55.3 Å². The van der Waals surface area contributed by atoms with Crippen LogP contribution in [-0.4, -0.2) is 48.6 Å². The first kappa shape index (κ1) is 16.1. The van der Waals surface area contributed by atoms with Gasteiger partial charge in [-0.2, -0.15) is 0 Å². The summed E-state index contributed by atoms with van der Waals surface area (Å²) in [5.74, 6) is 1.02. The molecule has 0 N–H and O–H groups in total. The maximum atomic E-state index is 12.4. The first-order valence-corrected chi connectivity index (χ1v) is 8.73. The maximum absolute atomic E-state index is 12.4. The number of nitrogens with zero attached hydrogens (tertiary/aromatic N) is 3. The van der Waals surface area contributed by atoms with Crippen LogP contribution >= 0.6 is 0 Å². The molecule has 0 spiro atoms. The zero-order valence-corrected chi connectivity index (χ0v) is 14.7. The zero-order chi connectivity index (χ0) is 17.4. The van der Waals surface area contributed by atoms with E-state index < -0.39 is 5.54 Å². The Hall–Kier alpha value is -2.40.